The van der Waals surface area contributed by atoms with E-state index in [1.54, 1.807) is 6.26 Å². The molecule has 184 valence electrons. The maximum absolute atomic E-state index is 13.2. The van der Waals surface area contributed by atoms with E-state index >= 15 is 0 Å². The summed E-state index contributed by atoms with van der Waals surface area (Å²) in [6, 6.07) is 4.05. The Morgan fingerprint density at radius 2 is 1.77 bits per heavy atom. The fourth-order valence-electron chi connectivity index (χ4n) is 5.27. The van der Waals surface area contributed by atoms with Crippen LogP contribution in [0.3, 0.4) is 0 Å². The van der Waals surface area contributed by atoms with Crippen molar-refractivity contribution < 1.29 is 18.4 Å². The van der Waals surface area contributed by atoms with Crippen molar-refractivity contribution >= 4 is 28.5 Å². The number of fused-ring (bicyclic) bond motifs is 2. The van der Waals surface area contributed by atoms with Crippen molar-refractivity contribution in [2.45, 2.75) is 72.1 Å². The molecule has 35 heavy (non-hydrogen) atoms. The monoisotopic (exact) mass is 475 g/mol. The highest BCUT2D eigenvalue weighted by molar-refractivity contribution is 6.06. The van der Waals surface area contributed by atoms with E-state index in [1.807, 2.05) is 37.8 Å². The fraction of sp³-hybridized carbons (Fsp3) is 0.464. The van der Waals surface area contributed by atoms with Crippen molar-refractivity contribution in [3.05, 3.63) is 57.7 Å². The Balaban J connectivity index is 1.33. The summed E-state index contributed by atoms with van der Waals surface area (Å²) in [5.74, 6) is 0.993. The molecule has 7 heteroatoms. The Kier molecular flexibility index (Phi) is 6.50. The van der Waals surface area contributed by atoms with Gasteiger partial charge in [-0.2, -0.15) is 5.10 Å². The number of furan rings is 2. The first kappa shape index (κ1) is 23.4. The van der Waals surface area contributed by atoms with Gasteiger partial charge >= 0.3 is 0 Å². The summed E-state index contributed by atoms with van der Waals surface area (Å²) in [7, 11) is 0. The van der Waals surface area contributed by atoms with Gasteiger partial charge in [-0.25, -0.2) is 5.43 Å². The van der Waals surface area contributed by atoms with Crippen LogP contribution in [-0.2, 0) is 17.6 Å². The quantitative estimate of drug-likeness (QED) is 0.514. The molecule has 0 saturated carbocycles. The Bertz CT molecular complexity index is 1310. The normalized spacial score (nSPS) is 17.5. The van der Waals surface area contributed by atoms with Gasteiger partial charge in [0.25, 0.3) is 5.91 Å². The number of benzene rings is 1. The molecule has 5 rings (SSSR count). The van der Waals surface area contributed by atoms with Crippen LogP contribution in [0, 0.1) is 20.8 Å². The second-order valence-electron chi connectivity index (χ2n) is 9.83. The van der Waals surface area contributed by atoms with Crippen LogP contribution in [0.5, 0.6) is 0 Å². The number of rotatable bonds is 4. The van der Waals surface area contributed by atoms with E-state index < -0.39 is 0 Å². The zero-order valence-electron chi connectivity index (χ0n) is 20.8. The van der Waals surface area contributed by atoms with Crippen molar-refractivity contribution in [2.75, 3.05) is 13.1 Å². The molecule has 2 aliphatic rings. The largest absolute Gasteiger partial charge is 0.464 e. The maximum atomic E-state index is 13.2. The van der Waals surface area contributed by atoms with Gasteiger partial charge in [-0.15, -0.1) is 0 Å². The lowest BCUT2D eigenvalue weighted by Gasteiger charge is -2.19. The molecule has 1 N–H and O–H groups in total. The first-order chi connectivity index (χ1) is 16.9. The highest BCUT2D eigenvalue weighted by atomic mass is 16.4. The van der Waals surface area contributed by atoms with Crippen LogP contribution < -0.4 is 5.43 Å². The summed E-state index contributed by atoms with van der Waals surface area (Å²) in [5.41, 5.74) is 9.13. The SMILES string of the molecule is Cc1ccc2c(CC(=O)N/N=C3\CCCc4oc(C(=O)N5CCCCCC5)c(C)c43)coc2c1C. The number of amides is 2. The molecule has 7 nitrogen and oxygen atoms in total. The average molecular weight is 476 g/mol. The number of likely N-dealkylation sites (tertiary alicyclic amines) is 1. The lowest BCUT2D eigenvalue weighted by atomic mass is 9.93. The molecule has 1 aromatic carbocycles. The predicted molar refractivity (Wildman–Crippen MR) is 135 cm³/mol. The van der Waals surface area contributed by atoms with E-state index in [2.05, 4.69) is 10.5 Å². The van der Waals surface area contributed by atoms with E-state index in [9.17, 15) is 9.59 Å². The van der Waals surface area contributed by atoms with E-state index in [0.717, 1.165) is 95.5 Å². The number of hydrazone groups is 1. The molecule has 0 bridgehead atoms. The van der Waals surface area contributed by atoms with Crippen LogP contribution >= 0.6 is 0 Å². The second-order valence-corrected chi connectivity index (χ2v) is 9.83. The van der Waals surface area contributed by atoms with Gasteiger partial charge in [0.2, 0.25) is 5.91 Å². The topological polar surface area (TPSA) is 88.0 Å². The number of aryl methyl sites for hydroxylation is 3. The summed E-state index contributed by atoms with van der Waals surface area (Å²) in [5, 5.41) is 5.44. The van der Waals surface area contributed by atoms with Crippen molar-refractivity contribution in [3.8, 4) is 0 Å². The van der Waals surface area contributed by atoms with E-state index in [0.29, 0.717) is 5.76 Å². The molecule has 0 spiro atoms. The number of nitrogens with one attached hydrogen (secondary N) is 1. The summed E-state index contributed by atoms with van der Waals surface area (Å²) in [6.07, 6.45) is 8.63. The molecule has 2 amide bonds. The van der Waals surface area contributed by atoms with Crippen molar-refractivity contribution in [1.82, 2.24) is 10.3 Å². The molecule has 0 radical (unpaired) electrons. The number of carbonyl (C=O) groups is 2. The number of nitrogens with zero attached hydrogens (tertiary/aromatic N) is 2. The van der Waals surface area contributed by atoms with Gasteiger partial charge in [-0.1, -0.05) is 25.0 Å². The molecule has 2 aromatic heterocycles. The van der Waals surface area contributed by atoms with E-state index in [1.165, 1.54) is 12.8 Å². The average Bonchev–Trinajstić information content (AvgIpc) is 3.28. The van der Waals surface area contributed by atoms with Crippen LogP contribution in [0.15, 0.2) is 32.3 Å². The first-order valence-corrected chi connectivity index (χ1v) is 12.7. The first-order valence-electron chi connectivity index (χ1n) is 12.7. The lowest BCUT2D eigenvalue weighted by molar-refractivity contribution is -0.120. The highest BCUT2D eigenvalue weighted by Gasteiger charge is 2.30. The van der Waals surface area contributed by atoms with Gasteiger partial charge in [0.1, 0.15) is 11.3 Å². The van der Waals surface area contributed by atoms with Crippen LogP contribution in [0.25, 0.3) is 11.0 Å². The Hall–Kier alpha value is -3.35. The maximum Gasteiger partial charge on any atom is 0.289 e. The Labute approximate surface area is 205 Å². The van der Waals surface area contributed by atoms with E-state index in [4.69, 9.17) is 8.83 Å². The fourth-order valence-corrected chi connectivity index (χ4v) is 5.27. The highest BCUT2D eigenvalue weighted by Crippen LogP contribution is 2.31. The summed E-state index contributed by atoms with van der Waals surface area (Å²) < 4.78 is 11.8. The van der Waals surface area contributed by atoms with Gasteiger partial charge in [0, 0.05) is 41.6 Å². The minimum absolute atomic E-state index is 0.0282. The minimum Gasteiger partial charge on any atom is -0.464 e. The summed E-state index contributed by atoms with van der Waals surface area (Å²) in [6.45, 7) is 7.56. The smallest absolute Gasteiger partial charge is 0.289 e. The molecule has 3 heterocycles. The standard InChI is InChI=1S/C28H33N3O4/c1-17-11-12-21-20(16-34-26(21)18(17)2)15-24(32)30-29-22-9-8-10-23-25(22)19(3)27(35-23)28(33)31-13-6-4-5-7-14-31/h11-12,16H,4-10,13-15H2,1-3H3,(H,30,32)/b29-22+. The number of hydrogen-bond donors (Lipinski definition) is 1. The lowest BCUT2D eigenvalue weighted by Crippen LogP contribution is -2.32. The van der Waals surface area contributed by atoms with Crippen molar-refractivity contribution in [2.24, 2.45) is 5.10 Å². The Morgan fingerprint density at radius 1 is 1.00 bits per heavy atom. The van der Waals surface area contributed by atoms with Crippen LogP contribution in [0.2, 0.25) is 0 Å². The number of hydrogen-bond acceptors (Lipinski definition) is 5. The van der Waals surface area contributed by atoms with Crippen molar-refractivity contribution in [1.29, 1.82) is 0 Å². The molecule has 1 aliphatic carbocycles. The summed E-state index contributed by atoms with van der Waals surface area (Å²) >= 11 is 0. The molecule has 3 aromatic rings. The van der Waals surface area contributed by atoms with Gasteiger partial charge < -0.3 is 13.7 Å². The molecular formula is C28H33N3O4. The zero-order chi connectivity index (χ0) is 24.5. The van der Waals surface area contributed by atoms with Crippen LogP contribution in [0.1, 0.15) is 82.7 Å². The van der Waals surface area contributed by atoms with Gasteiger partial charge in [0.05, 0.1) is 18.4 Å². The molecule has 0 unspecified atom stereocenters. The van der Waals surface area contributed by atoms with E-state index in [-0.39, 0.29) is 18.2 Å². The molecule has 1 aliphatic heterocycles. The number of carbonyl (C=O) groups excluding carboxylic acids is 2. The molecule has 1 saturated heterocycles. The zero-order valence-corrected chi connectivity index (χ0v) is 20.8. The van der Waals surface area contributed by atoms with Crippen molar-refractivity contribution in [3.63, 3.8) is 0 Å². The summed E-state index contributed by atoms with van der Waals surface area (Å²) in [4.78, 5) is 27.9. The van der Waals surface area contributed by atoms with Gasteiger partial charge in [0.15, 0.2) is 5.76 Å². The second kappa shape index (κ2) is 9.72. The minimum atomic E-state index is -0.201. The third-order valence-electron chi connectivity index (χ3n) is 7.42. The molecule has 0 atom stereocenters. The predicted octanol–water partition coefficient (Wildman–Crippen LogP) is 5.37. The third kappa shape index (κ3) is 4.51. The van der Waals surface area contributed by atoms with Gasteiger partial charge in [-0.05, 0) is 57.6 Å². The molecular weight excluding hydrogens is 442 g/mol. The van der Waals surface area contributed by atoms with Gasteiger partial charge in [-0.3, -0.25) is 9.59 Å². The third-order valence-corrected chi connectivity index (χ3v) is 7.42. The van der Waals surface area contributed by atoms with Crippen LogP contribution in [0.4, 0.5) is 0 Å². The van der Waals surface area contributed by atoms with Crippen LogP contribution in [-0.4, -0.2) is 35.5 Å². The molecule has 1 fully saturated rings. The Morgan fingerprint density at radius 3 is 2.54 bits per heavy atom.